The number of hydrogen-bond donors (Lipinski definition) is 3. The third kappa shape index (κ3) is 5.76. The molecular weight excluding hydrogens is 244 g/mol. The van der Waals surface area contributed by atoms with Crippen molar-refractivity contribution in [2.45, 2.75) is 6.92 Å². The van der Waals surface area contributed by atoms with Gasteiger partial charge in [0, 0.05) is 19.6 Å². The molecule has 104 valence electrons. The van der Waals surface area contributed by atoms with Crippen LogP contribution in [0.3, 0.4) is 0 Å². The summed E-state index contributed by atoms with van der Waals surface area (Å²) in [6, 6.07) is 3.30. The lowest BCUT2D eigenvalue weighted by Gasteiger charge is -2.09. The molecule has 1 amide bonds. The van der Waals surface area contributed by atoms with E-state index in [1.54, 1.807) is 18.2 Å². The number of nitrogens with one attached hydrogen (secondary N) is 3. The van der Waals surface area contributed by atoms with Crippen molar-refractivity contribution < 1.29 is 9.21 Å². The lowest BCUT2D eigenvalue weighted by atomic mass is 10.4. The fourth-order valence-corrected chi connectivity index (χ4v) is 1.34. The van der Waals surface area contributed by atoms with E-state index in [1.807, 2.05) is 6.92 Å². The van der Waals surface area contributed by atoms with Gasteiger partial charge in [-0.15, -0.1) is 6.58 Å². The predicted octanol–water partition coefficient (Wildman–Crippen LogP) is 0.750. The molecule has 0 atom stereocenters. The molecule has 1 aromatic heterocycles. The second kappa shape index (κ2) is 8.79. The highest BCUT2D eigenvalue weighted by Gasteiger charge is 2.06. The molecular formula is C13H20N4O2. The Bertz CT molecular complexity index is 412. The summed E-state index contributed by atoms with van der Waals surface area (Å²) >= 11 is 0. The zero-order valence-corrected chi connectivity index (χ0v) is 11.1. The summed E-state index contributed by atoms with van der Waals surface area (Å²) in [5.41, 5.74) is 0. The highest BCUT2D eigenvalue weighted by molar-refractivity contribution is 5.91. The van der Waals surface area contributed by atoms with Gasteiger partial charge in [0.25, 0.3) is 5.91 Å². The molecule has 6 heteroatoms. The van der Waals surface area contributed by atoms with Gasteiger partial charge in [-0.1, -0.05) is 6.08 Å². The van der Waals surface area contributed by atoms with Crippen LogP contribution in [0.25, 0.3) is 0 Å². The van der Waals surface area contributed by atoms with Crippen molar-refractivity contribution in [2.24, 2.45) is 4.99 Å². The number of carbonyl (C=O) groups excluding carboxylic acids is 1. The molecule has 1 heterocycles. The quantitative estimate of drug-likeness (QED) is 0.294. The molecule has 1 rings (SSSR count). The first kappa shape index (κ1) is 14.8. The van der Waals surface area contributed by atoms with Gasteiger partial charge in [0.05, 0.1) is 12.8 Å². The zero-order valence-electron chi connectivity index (χ0n) is 11.1. The van der Waals surface area contributed by atoms with Gasteiger partial charge in [0.15, 0.2) is 11.7 Å². The molecule has 3 N–H and O–H groups in total. The number of nitrogens with zero attached hydrogens (tertiary/aromatic N) is 1. The highest BCUT2D eigenvalue weighted by atomic mass is 16.3. The molecule has 0 unspecified atom stereocenters. The highest BCUT2D eigenvalue weighted by Crippen LogP contribution is 1.98. The SMILES string of the molecule is C=CCNC(=NCCNC(=O)c1ccco1)NCC. The van der Waals surface area contributed by atoms with Crippen molar-refractivity contribution in [1.82, 2.24) is 16.0 Å². The van der Waals surface area contributed by atoms with E-state index in [1.165, 1.54) is 6.26 Å². The Morgan fingerprint density at radius 2 is 2.32 bits per heavy atom. The Morgan fingerprint density at radius 3 is 2.95 bits per heavy atom. The van der Waals surface area contributed by atoms with Crippen molar-refractivity contribution in [3.05, 3.63) is 36.8 Å². The average molecular weight is 264 g/mol. The molecule has 1 aromatic rings. The van der Waals surface area contributed by atoms with Crippen LogP contribution in [-0.4, -0.2) is 38.0 Å². The molecule has 0 spiro atoms. The molecule has 0 radical (unpaired) electrons. The molecule has 19 heavy (non-hydrogen) atoms. The first-order valence-corrected chi connectivity index (χ1v) is 6.22. The number of guanidine groups is 1. The van der Waals surface area contributed by atoms with Crippen LogP contribution >= 0.6 is 0 Å². The lowest BCUT2D eigenvalue weighted by Crippen LogP contribution is -2.38. The topological polar surface area (TPSA) is 78.7 Å². The summed E-state index contributed by atoms with van der Waals surface area (Å²) in [6.07, 6.45) is 3.22. The van der Waals surface area contributed by atoms with E-state index >= 15 is 0 Å². The zero-order chi connectivity index (χ0) is 13.9. The first-order chi connectivity index (χ1) is 9.27. The Labute approximate surface area is 113 Å². The van der Waals surface area contributed by atoms with E-state index in [4.69, 9.17) is 4.42 Å². The van der Waals surface area contributed by atoms with Gasteiger partial charge >= 0.3 is 0 Å². The number of amides is 1. The van der Waals surface area contributed by atoms with Gasteiger partial charge in [-0.3, -0.25) is 9.79 Å². The van der Waals surface area contributed by atoms with Crippen LogP contribution in [0.5, 0.6) is 0 Å². The fraction of sp³-hybridized carbons (Fsp3) is 0.385. The summed E-state index contributed by atoms with van der Waals surface area (Å²) < 4.78 is 4.98. The maximum Gasteiger partial charge on any atom is 0.287 e. The van der Waals surface area contributed by atoms with Crippen molar-refractivity contribution in [3.8, 4) is 0 Å². The second-order valence-corrected chi connectivity index (χ2v) is 3.66. The number of furan rings is 1. The molecule has 0 aromatic carbocycles. The lowest BCUT2D eigenvalue weighted by molar-refractivity contribution is 0.0927. The molecule has 6 nitrogen and oxygen atoms in total. The summed E-state index contributed by atoms with van der Waals surface area (Å²) in [7, 11) is 0. The van der Waals surface area contributed by atoms with Crippen LogP contribution < -0.4 is 16.0 Å². The molecule has 0 aliphatic carbocycles. The molecule has 0 aliphatic heterocycles. The van der Waals surface area contributed by atoms with Crippen LogP contribution in [0.2, 0.25) is 0 Å². The maximum absolute atomic E-state index is 11.6. The van der Waals surface area contributed by atoms with Crippen LogP contribution in [0.15, 0.2) is 40.5 Å². The number of hydrogen-bond acceptors (Lipinski definition) is 3. The van der Waals surface area contributed by atoms with E-state index < -0.39 is 0 Å². The van der Waals surface area contributed by atoms with E-state index in [0.717, 1.165) is 6.54 Å². The Hall–Kier alpha value is -2.24. The van der Waals surface area contributed by atoms with Crippen molar-refractivity contribution in [1.29, 1.82) is 0 Å². The first-order valence-electron chi connectivity index (χ1n) is 6.22. The van der Waals surface area contributed by atoms with Crippen LogP contribution in [0, 0.1) is 0 Å². The summed E-state index contributed by atoms with van der Waals surface area (Å²) in [5.74, 6) is 0.777. The van der Waals surface area contributed by atoms with Gasteiger partial charge in [-0.25, -0.2) is 0 Å². The summed E-state index contributed by atoms with van der Waals surface area (Å²) in [4.78, 5) is 15.9. The molecule has 0 fully saturated rings. The Balaban J connectivity index is 2.30. The second-order valence-electron chi connectivity index (χ2n) is 3.66. The molecule has 0 saturated heterocycles. The maximum atomic E-state index is 11.6. The minimum Gasteiger partial charge on any atom is -0.459 e. The number of rotatable bonds is 7. The van der Waals surface area contributed by atoms with Crippen molar-refractivity contribution in [3.63, 3.8) is 0 Å². The fourth-order valence-electron chi connectivity index (χ4n) is 1.34. The standard InChI is InChI=1S/C13H20N4O2/c1-3-7-16-13(14-4-2)17-9-8-15-12(18)11-6-5-10-19-11/h3,5-6,10H,1,4,7-9H2,2H3,(H,15,18)(H2,14,16,17). The minimum absolute atomic E-state index is 0.232. The normalized spacial score (nSPS) is 10.9. The molecule has 0 bridgehead atoms. The van der Waals surface area contributed by atoms with E-state index in [-0.39, 0.29) is 5.91 Å². The largest absolute Gasteiger partial charge is 0.459 e. The third-order valence-electron chi connectivity index (χ3n) is 2.17. The molecule has 0 saturated carbocycles. The van der Waals surface area contributed by atoms with Gasteiger partial charge < -0.3 is 20.4 Å². The van der Waals surface area contributed by atoms with Gasteiger partial charge in [-0.2, -0.15) is 0 Å². The van der Waals surface area contributed by atoms with Crippen LogP contribution in [-0.2, 0) is 0 Å². The third-order valence-corrected chi connectivity index (χ3v) is 2.17. The number of aliphatic imine (C=N–C) groups is 1. The molecule has 0 aliphatic rings. The monoisotopic (exact) mass is 264 g/mol. The van der Waals surface area contributed by atoms with Crippen LogP contribution in [0.1, 0.15) is 17.5 Å². The van der Waals surface area contributed by atoms with Gasteiger partial charge in [0.2, 0.25) is 0 Å². The predicted molar refractivity (Wildman–Crippen MR) is 75.2 cm³/mol. The summed E-state index contributed by atoms with van der Waals surface area (Å²) in [5, 5.41) is 8.89. The summed E-state index contributed by atoms with van der Waals surface area (Å²) in [6.45, 7) is 7.97. The van der Waals surface area contributed by atoms with E-state index in [2.05, 4.69) is 27.5 Å². The Morgan fingerprint density at radius 1 is 1.47 bits per heavy atom. The average Bonchev–Trinajstić information content (AvgIpc) is 2.94. The van der Waals surface area contributed by atoms with E-state index in [0.29, 0.717) is 31.4 Å². The smallest absolute Gasteiger partial charge is 0.287 e. The van der Waals surface area contributed by atoms with E-state index in [9.17, 15) is 4.79 Å². The minimum atomic E-state index is -0.232. The van der Waals surface area contributed by atoms with Crippen LogP contribution in [0.4, 0.5) is 0 Å². The van der Waals surface area contributed by atoms with Crippen molar-refractivity contribution >= 4 is 11.9 Å². The van der Waals surface area contributed by atoms with Gasteiger partial charge in [-0.05, 0) is 19.1 Å². The Kier molecular flexibility index (Phi) is 6.86. The number of carbonyl (C=O) groups is 1. The van der Waals surface area contributed by atoms with Crippen molar-refractivity contribution in [2.75, 3.05) is 26.2 Å². The van der Waals surface area contributed by atoms with Gasteiger partial charge in [0.1, 0.15) is 0 Å².